The summed E-state index contributed by atoms with van der Waals surface area (Å²) in [5.41, 5.74) is 1.67. The van der Waals surface area contributed by atoms with Crippen LogP contribution in [-0.4, -0.2) is 16.9 Å². The highest BCUT2D eigenvalue weighted by Gasteiger charge is 2.60. The number of carboxylic acids is 1. The topological polar surface area (TPSA) is 54.4 Å². The molecule has 0 unspecified atom stereocenters. The van der Waals surface area contributed by atoms with Crippen LogP contribution in [0.1, 0.15) is 72.1 Å². The number of halogens is 1. The van der Waals surface area contributed by atoms with Crippen molar-refractivity contribution < 1.29 is 19.1 Å². The average Bonchev–Trinajstić information content (AvgIpc) is 2.98. The van der Waals surface area contributed by atoms with Gasteiger partial charge in [-0.2, -0.15) is 4.39 Å². The molecule has 148 valence electrons. The molecule has 3 nitrogen and oxygen atoms in total. The fraction of sp³-hybridized carbons (Fsp3) is 0.739. The first kappa shape index (κ1) is 18.9. The quantitative estimate of drug-likeness (QED) is 0.653. The third-order valence-electron chi connectivity index (χ3n) is 8.90. The maximum Gasteiger partial charge on any atom is 0.364 e. The van der Waals surface area contributed by atoms with Crippen molar-refractivity contribution in [1.82, 2.24) is 0 Å². The van der Waals surface area contributed by atoms with Crippen molar-refractivity contribution in [2.24, 2.45) is 34.5 Å². The van der Waals surface area contributed by atoms with E-state index >= 15 is 0 Å². The van der Waals surface area contributed by atoms with Gasteiger partial charge in [0, 0.05) is 6.42 Å². The first-order chi connectivity index (χ1) is 12.7. The maximum absolute atomic E-state index is 14.5. The number of aliphatic carboxylic acids is 1. The molecular formula is C23H31FO3. The first-order valence-corrected chi connectivity index (χ1v) is 10.6. The zero-order chi connectivity index (χ0) is 19.6. The standard InChI is InChI=1S/C23H31FO3/c1-4-13-11-14-12-15(25)7-9-22(14,2)17-8-10-23(3)16(19(13)17)5-6-18(23)20(24)21(26)27/h12-13,16-17,19H,4-11H2,1-3H3,(H,26,27)/t13-,16-,17-,19-,22-,23-/m0/s1. The molecular weight excluding hydrogens is 343 g/mol. The molecule has 0 spiro atoms. The second-order valence-corrected chi connectivity index (χ2v) is 9.81. The lowest BCUT2D eigenvalue weighted by molar-refractivity contribution is -0.134. The fourth-order valence-electron chi connectivity index (χ4n) is 7.42. The molecule has 4 aliphatic carbocycles. The molecule has 0 aromatic heterocycles. The first-order valence-electron chi connectivity index (χ1n) is 10.6. The van der Waals surface area contributed by atoms with Gasteiger partial charge < -0.3 is 5.11 Å². The van der Waals surface area contributed by atoms with Crippen molar-refractivity contribution in [2.75, 3.05) is 0 Å². The van der Waals surface area contributed by atoms with Gasteiger partial charge in [0.2, 0.25) is 5.83 Å². The molecule has 4 heteroatoms. The van der Waals surface area contributed by atoms with Crippen LogP contribution in [0.15, 0.2) is 23.0 Å². The number of allylic oxidation sites excluding steroid dienone is 2. The lowest BCUT2D eigenvalue weighted by Gasteiger charge is -2.60. The summed E-state index contributed by atoms with van der Waals surface area (Å²) in [6.45, 7) is 6.69. The molecule has 4 rings (SSSR count). The molecule has 0 amide bonds. The van der Waals surface area contributed by atoms with Gasteiger partial charge in [0.1, 0.15) is 0 Å². The Morgan fingerprint density at radius 1 is 1.19 bits per heavy atom. The van der Waals surface area contributed by atoms with E-state index in [-0.39, 0.29) is 16.6 Å². The van der Waals surface area contributed by atoms with Crippen LogP contribution >= 0.6 is 0 Å². The van der Waals surface area contributed by atoms with Gasteiger partial charge in [-0.3, -0.25) is 4.79 Å². The van der Waals surface area contributed by atoms with Gasteiger partial charge >= 0.3 is 5.97 Å². The summed E-state index contributed by atoms with van der Waals surface area (Å²) in [5.74, 6) is -0.144. The van der Waals surface area contributed by atoms with E-state index in [9.17, 15) is 19.1 Å². The molecule has 6 atom stereocenters. The average molecular weight is 374 g/mol. The maximum atomic E-state index is 14.5. The molecule has 3 saturated carbocycles. The molecule has 0 aliphatic heterocycles. The minimum Gasteiger partial charge on any atom is -0.476 e. The number of hydrogen-bond acceptors (Lipinski definition) is 2. The molecule has 4 aliphatic rings. The number of fused-ring (bicyclic) bond motifs is 5. The monoisotopic (exact) mass is 374 g/mol. The molecule has 0 radical (unpaired) electrons. The lowest BCUT2D eigenvalue weighted by atomic mass is 9.44. The van der Waals surface area contributed by atoms with E-state index in [1.807, 2.05) is 6.08 Å². The van der Waals surface area contributed by atoms with Crippen LogP contribution < -0.4 is 0 Å². The molecule has 1 N–H and O–H groups in total. The number of hydrogen-bond donors (Lipinski definition) is 1. The molecule has 0 heterocycles. The number of ketones is 1. The van der Waals surface area contributed by atoms with Crippen molar-refractivity contribution in [3.63, 3.8) is 0 Å². The van der Waals surface area contributed by atoms with Crippen molar-refractivity contribution in [3.8, 4) is 0 Å². The third kappa shape index (κ3) is 2.58. The van der Waals surface area contributed by atoms with E-state index in [1.165, 1.54) is 5.57 Å². The Morgan fingerprint density at radius 2 is 1.89 bits per heavy atom. The van der Waals surface area contributed by atoms with Gasteiger partial charge in [0.25, 0.3) is 0 Å². The number of rotatable bonds is 2. The highest BCUT2D eigenvalue weighted by atomic mass is 19.1. The van der Waals surface area contributed by atoms with Gasteiger partial charge in [-0.05, 0) is 84.7 Å². The van der Waals surface area contributed by atoms with Gasteiger partial charge in [0.15, 0.2) is 5.78 Å². The van der Waals surface area contributed by atoms with Crippen LogP contribution in [0, 0.1) is 34.5 Å². The minimum atomic E-state index is -1.41. The van der Waals surface area contributed by atoms with Crippen LogP contribution in [0.3, 0.4) is 0 Å². The molecule has 27 heavy (non-hydrogen) atoms. The van der Waals surface area contributed by atoms with Crippen LogP contribution in [0.5, 0.6) is 0 Å². The number of carbonyl (C=O) groups excluding carboxylic acids is 1. The third-order valence-corrected chi connectivity index (χ3v) is 8.90. The molecule has 0 aromatic carbocycles. The summed E-state index contributed by atoms with van der Waals surface area (Å²) in [6.07, 6.45) is 8.90. The Balaban J connectivity index is 1.76. The van der Waals surface area contributed by atoms with Crippen LogP contribution in [0.4, 0.5) is 4.39 Å². The second-order valence-electron chi connectivity index (χ2n) is 9.81. The van der Waals surface area contributed by atoms with E-state index < -0.39 is 11.8 Å². The highest BCUT2D eigenvalue weighted by molar-refractivity contribution is 5.91. The summed E-state index contributed by atoms with van der Waals surface area (Å²) in [4.78, 5) is 23.4. The predicted molar refractivity (Wildman–Crippen MR) is 102 cm³/mol. The van der Waals surface area contributed by atoms with Gasteiger partial charge in [-0.15, -0.1) is 0 Å². The smallest absolute Gasteiger partial charge is 0.364 e. The minimum absolute atomic E-state index is 0.0867. The zero-order valence-electron chi connectivity index (χ0n) is 16.7. The Morgan fingerprint density at radius 3 is 2.56 bits per heavy atom. The van der Waals surface area contributed by atoms with Crippen molar-refractivity contribution >= 4 is 11.8 Å². The van der Waals surface area contributed by atoms with E-state index in [4.69, 9.17) is 0 Å². The molecule has 0 bridgehead atoms. The zero-order valence-corrected chi connectivity index (χ0v) is 16.7. The van der Waals surface area contributed by atoms with E-state index in [1.54, 1.807) is 0 Å². The summed E-state index contributed by atoms with van der Waals surface area (Å²) >= 11 is 0. The normalized spacial score (nSPS) is 45.5. The Labute approximate surface area is 161 Å². The van der Waals surface area contributed by atoms with Crippen molar-refractivity contribution in [1.29, 1.82) is 0 Å². The summed E-state index contributed by atoms with van der Waals surface area (Å²) < 4.78 is 14.5. The largest absolute Gasteiger partial charge is 0.476 e. The Hall–Kier alpha value is -1.45. The second kappa shape index (κ2) is 6.28. The van der Waals surface area contributed by atoms with E-state index in [0.717, 1.165) is 38.5 Å². The van der Waals surface area contributed by atoms with E-state index in [0.29, 0.717) is 42.1 Å². The Kier molecular flexibility index (Phi) is 4.40. The van der Waals surface area contributed by atoms with Gasteiger partial charge in [-0.1, -0.05) is 32.8 Å². The van der Waals surface area contributed by atoms with Crippen molar-refractivity contribution in [3.05, 3.63) is 23.0 Å². The number of carbonyl (C=O) groups is 2. The molecule has 0 saturated heterocycles. The predicted octanol–water partition coefficient (Wildman–Crippen LogP) is 5.46. The van der Waals surface area contributed by atoms with Crippen LogP contribution in [0.2, 0.25) is 0 Å². The van der Waals surface area contributed by atoms with Gasteiger partial charge in [0.05, 0.1) is 0 Å². The fourth-order valence-corrected chi connectivity index (χ4v) is 7.42. The summed E-state index contributed by atoms with van der Waals surface area (Å²) in [5, 5.41) is 9.23. The lowest BCUT2D eigenvalue weighted by Crippen LogP contribution is -2.53. The highest BCUT2D eigenvalue weighted by Crippen LogP contribution is 2.68. The van der Waals surface area contributed by atoms with Gasteiger partial charge in [-0.25, -0.2) is 4.79 Å². The van der Waals surface area contributed by atoms with E-state index in [2.05, 4.69) is 20.8 Å². The van der Waals surface area contributed by atoms with Crippen molar-refractivity contribution in [2.45, 2.75) is 72.1 Å². The van der Waals surface area contributed by atoms with Crippen LogP contribution in [0.25, 0.3) is 0 Å². The van der Waals surface area contributed by atoms with Crippen LogP contribution in [-0.2, 0) is 9.59 Å². The summed E-state index contributed by atoms with van der Waals surface area (Å²) in [6, 6.07) is 0. The Bertz CT molecular complexity index is 751. The molecule has 3 fully saturated rings. The SMILES string of the molecule is CC[C@H]1CC2=CC(=O)CC[C@]2(C)[C@H]2CC[C@]3(C)C(=C(F)C(=O)O)CC[C@H]3[C@H]12. The molecule has 0 aromatic rings. The summed E-state index contributed by atoms with van der Waals surface area (Å²) in [7, 11) is 0. The number of carboxylic acid groups (broad SMARTS) is 1.